The second-order valence-corrected chi connectivity index (χ2v) is 5.86. The molecule has 1 heterocycles. The minimum absolute atomic E-state index is 0.0226. The molecule has 1 aromatic carbocycles. The lowest BCUT2D eigenvalue weighted by Crippen LogP contribution is -2.13. The number of aliphatic hydroxyl groups is 1. The van der Waals surface area contributed by atoms with Crippen LogP contribution in [0.3, 0.4) is 0 Å². The normalized spacial score (nSPS) is 10.3. The van der Waals surface area contributed by atoms with Crippen LogP contribution >= 0.6 is 0 Å². The molecule has 1 aromatic heterocycles. The van der Waals surface area contributed by atoms with Crippen molar-refractivity contribution < 1.29 is 14.6 Å². The van der Waals surface area contributed by atoms with Crippen molar-refractivity contribution in [1.82, 2.24) is 4.98 Å². The highest BCUT2D eigenvalue weighted by Crippen LogP contribution is 2.20. The van der Waals surface area contributed by atoms with Crippen LogP contribution in [-0.2, 0) is 4.74 Å². The maximum absolute atomic E-state index is 9.33. The second-order valence-electron chi connectivity index (χ2n) is 5.86. The van der Waals surface area contributed by atoms with Gasteiger partial charge in [0.1, 0.15) is 30.1 Å². The van der Waals surface area contributed by atoms with Crippen molar-refractivity contribution in [2.75, 3.05) is 50.2 Å². The smallest absolute Gasteiger partial charge is 0.146 e. The lowest BCUT2D eigenvalue weighted by Gasteiger charge is -2.12. The maximum Gasteiger partial charge on any atom is 0.146 e. The number of benzene rings is 1. The summed E-state index contributed by atoms with van der Waals surface area (Å²) in [6.07, 6.45) is 0.783. The summed E-state index contributed by atoms with van der Waals surface area (Å²) in [6.45, 7) is 4.57. The van der Waals surface area contributed by atoms with Gasteiger partial charge in [0.15, 0.2) is 0 Å². The fraction of sp³-hybridized carbons (Fsp3) is 0.400. The van der Waals surface area contributed by atoms with Crippen molar-refractivity contribution >= 4 is 11.6 Å². The monoisotopic (exact) mass is 370 g/mol. The maximum atomic E-state index is 9.33. The predicted octanol–water partition coefficient (Wildman–Crippen LogP) is 2.56. The molecule has 2 rings (SSSR count). The van der Waals surface area contributed by atoms with E-state index in [4.69, 9.17) is 14.6 Å². The van der Waals surface area contributed by atoms with Crippen LogP contribution in [0.5, 0.6) is 5.75 Å². The molecule has 144 valence electrons. The summed E-state index contributed by atoms with van der Waals surface area (Å²) in [7, 11) is 0. The van der Waals surface area contributed by atoms with Gasteiger partial charge >= 0.3 is 0 Å². The molecule has 0 amide bonds. The zero-order valence-electron chi connectivity index (χ0n) is 15.6. The number of hydrogen-bond donors (Lipinski definition) is 3. The third kappa shape index (κ3) is 7.13. The van der Waals surface area contributed by atoms with Crippen LogP contribution in [-0.4, -0.2) is 49.6 Å². The van der Waals surface area contributed by atoms with E-state index in [2.05, 4.69) is 21.7 Å². The number of pyridine rings is 1. The number of rotatable bonds is 12. The summed E-state index contributed by atoms with van der Waals surface area (Å²) in [6, 6.07) is 13.6. The zero-order valence-corrected chi connectivity index (χ0v) is 15.6. The first-order valence-corrected chi connectivity index (χ1v) is 9.00. The van der Waals surface area contributed by atoms with Crippen LogP contribution in [0.2, 0.25) is 0 Å². The van der Waals surface area contributed by atoms with Crippen molar-refractivity contribution in [3.05, 3.63) is 47.5 Å². The van der Waals surface area contributed by atoms with Crippen LogP contribution in [0, 0.1) is 18.3 Å². The highest BCUT2D eigenvalue weighted by Gasteiger charge is 2.09. The van der Waals surface area contributed by atoms with Crippen LogP contribution < -0.4 is 15.4 Å². The molecule has 2 aromatic rings. The molecule has 7 nitrogen and oxygen atoms in total. The van der Waals surface area contributed by atoms with Gasteiger partial charge in [-0.2, -0.15) is 5.26 Å². The zero-order chi connectivity index (χ0) is 19.3. The molecule has 3 N–H and O–H groups in total. The van der Waals surface area contributed by atoms with Crippen LogP contribution in [0.15, 0.2) is 36.4 Å². The summed E-state index contributed by atoms with van der Waals surface area (Å²) in [5.41, 5.74) is 1.37. The Kier molecular flexibility index (Phi) is 8.90. The second kappa shape index (κ2) is 11.7. The Morgan fingerprint density at radius 2 is 1.93 bits per heavy atom. The van der Waals surface area contributed by atoms with Crippen LogP contribution in [0.25, 0.3) is 0 Å². The van der Waals surface area contributed by atoms with Gasteiger partial charge < -0.3 is 25.2 Å². The number of nitriles is 1. The summed E-state index contributed by atoms with van der Waals surface area (Å²) < 4.78 is 11.1. The minimum atomic E-state index is 0.0226. The van der Waals surface area contributed by atoms with E-state index in [0.29, 0.717) is 50.1 Å². The fourth-order valence-electron chi connectivity index (χ4n) is 2.43. The molecule has 0 saturated carbocycles. The number of para-hydroxylation sites is 1. The third-order valence-corrected chi connectivity index (χ3v) is 3.74. The quantitative estimate of drug-likeness (QED) is 0.494. The lowest BCUT2D eigenvalue weighted by molar-refractivity contribution is 0.0999. The fourth-order valence-corrected chi connectivity index (χ4v) is 2.43. The number of aliphatic hydroxyl groups excluding tert-OH is 1. The van der Waals surface area contributed by atoms with E-state index < -0.39 is 0 Å². The SMILES string of the molecule is Cc1cc(NCCO)nc(NCCCOCCOc2ccccc2)c1C#N. The van der Waals surface area contributed by atoms with E-state index in [1.807, 2.05) is 37.3 Å². The van der Waals surface area contributed by atoms with Gasteiger partial charge in [0.2, 0.25) is 0 Å². The van der Waals surface area contributed by atoms with Gasteiger partial charge in [0.25, 0.3) is 0 Å². The van der Waals surface area contributed by atoms with Crippen molar-refractivity contribution in [2.45, 2.75) is 13.3 Å². The molecule has 0 saturated heterocycles. The lowest BCUT2D eigenvalue weighted by atomic mass is 10.1. The van der Waals surface area contributed by atoms with E-state index in [-0.39, 0.29) is 6.61 Å². The molecule has 0 aliphatic rings. The molecular weight excluding hydrogens is 344 g/mol. The van der Waals surface area contributed by atoms with E-state index in [9.17, 15) is 5.26 Å². The van der Waals surface area contributed by atoms with E-state index in [0.717, 1.165) is 17.7 Å². The highest BCUT2D eigenvalue weighted by molar-refractivity contribution is 5.60. The van der Waals surface area contributed by atoms with Crippen LogP contribution in [0.1, 0.15) is 17.5 Å². The largest absolute Gasteiger partial charge is 0.491 e. The number of nitrogens with zero attached hydrogens (tertiary/aromatic N) is 2. The minimum Gasteiger partial charge on any atom is -0.491 e. The molecule has 0 aliphatic heterocycles. The van der Waals surface area contributed by atoms with E-state index in [1.54, 1.807) is 6.07 Å². The van der Waals surface area contributed by atoms with Gasteiger partial charge in [0, 0.05) is 19.7 Å². The Hall–Kier alpha value is -2.82. The van der Waals surface area contributed by atoms with Gasteiger partial charge in [-0.25, -0.2) is 4.98 Å². The average molecular weight is 370 g/mol. The number of ether oxygens (including phenoxy) is 2. The molecule has 0 fully saturated rings. The number of aromatic nitrogens is 1. The average Bonchev–Trinajstić information content (AvgIpc) is 2.69. The van der Waals surface area contributed by atoms with Gasteiger partial charge in [0.05, 0.1) is 18.8 Å². The predicted molar refractivity (Wildman–Crippen MR) is 105 cm³/mol. The highest BCUT2D eigenvalue weighted by atomic mass is 16.5. The molecule has 27 heavy (non-hydrogen) atoms. The van der Waals surface area contributed by atoms with Crippen molar-refractivity contribution in [3.63, 3.8) is 0 Å². The first kappa shape index (κ1) is 20.5. The topological polar surface area (TPSA) is 99.4 Å². The Bertz CT molecular complexity index is 732. The summed E-state index contributed by atoms with van der Waals surface area (Å²) >= 11 is 0. The molecule has 0 bridgehead atoms. The number of anilines is 2. The summed E-state index contributed by atoms with van der Waals surface area (Å²) in [4.78, 5) is 4.41. The van der Waals surface area contributed by atoms with Crippen molar-refractivity contribution in [2.24, 2.45) is 0 Å². The number of aryl methyl sites for hydroxylation is 1. The number of hydrogen-bond acceptors (Lipinski definition) is 7. The summed E-state index contributed by atoms with van der Waals surface area (Å²) in [5, 5.41) is 24.5. The first-order valence-electron chi connectivity index (χ1n) is 9.00. The van der Waals surface area contributed by atoms with Crippen LogP contribution in [0.4, 0.5) is 11.6 Å². The molecule has 0 radical (unpaired) electrons. The third-order valence-electron chi connectivity index (χ3n) is 3.74. The standard InChI is InChI=1S/C20H26N4O3/c1-16-14-19(22-9-10-25)24-20(18(16)15-21)23-8-5-11-26-12-13-27-17-6-3-2-4-7-17/h2-4,6-7,14,25H,5,8-13H2,1H3,(H2,22,23,24). The Morgan fingerprint density at radius 3 is 2.67 bits per heavy atom. The van der Waals surface area contributed by atoms with Gasteiger partial charge in [-0.3, -0.25) is 0 Å². The van der Waals surface area contributed by atoms with E-state index in [1.165, 1.54) is 0 Å². The number of nitrogens with one attached hydrogen (secondary N) is 2. The molecule has 0 atom stereocenters. The molecule has 0 unspecified atom stereocenters. The van der Waals surface area contributed by atoms with Crippen molar-refractivity contribution in [3.8, 4) is 11.8 Å². The Balaban J connectivity index is 1.68. The van der Waals surface area contributed by atoms with Crippen molar-refractivity contribution in [1.29, 1.82) is 5.26 Å². The summed E-state index contributed by atoms with van der Waals surface area (Å²) in [5.74, 6) is 2.02. The van der Waals surface area contributed by atoms with E-state index >= 15 is 0 Å². The Morgan fingerprint density at radius 1 is 1.11 bits per heavy atom. The molecular formula is C20H26N4O3. The molecule has 7 heteroatoms. The Labute approximate surface area is 160 Å². The first-order chi connectivity index (χ1) is 13.2. The molecule has 0 aliphatic carbocycles. The molecule has 0 spiro atoms. The van der Waals surface area contributed by atoms with Gasteiger partial charge in [-0.15, -0.1) is 0 Å². The van der Waals surface area contributed by atoms with Gasteiger partial charge in [-0.1, -0.05) is 18.2 Å². The van der Waals surface area contributed by atoms with Gasteiger partial charge in [-0.05, 0) is 37.1 Å².